The molecule has 1 aromatic carbocycles. The number of rotatable bonds is 4. The van der Waals surface area contributed by atoms with Gasteiger partial charge in [0.15, 0.2) is 6.20 Å². The molecule has 0 saturated carbocycles. The van der Waals surface area contributed by atoms with Crippen molar-refractivity contribution < 1.29 is 9.52 Å². The summed E-state index contributed by atoms with van der Waals surface area (Å²) in [5, 5.41) is 15.1. The second kappa shape index (κ2) is 7.04. The molecule has 2 aromatic rings. The Balaban J connectivity index is 1.67. The van der Waals surface area contributed by atoms with Gasteiger partial charge in [0, 0.05) is 12.1 Å². The van der Waals surface area contributed by atoms with Crippen LogP contribution < -0.4 is 10.0 Å². The van der Waals surface area contributed by atoms with Gasteiger partial charge < -0.3 is 10.5 Å². The number of aryl methyl sites for hydroxylation is 1. The normalized spacial score (nSPS) is 18.0. The number of aromatic nitrogens is 1. The Labute approximate surface area is 140 Å². The SMILES string of the molecule is CC(Sc1cccc[n+]1[O-])C(=O)NC1CCCc2ccccc21. The van der Waals surface area contributed by atoms with Gasteiger partial charge in [0.2, 0.25) is 5.91 Å². The second-order valence-corrected chi connectivity index (χ2v) is 7.14. The zero-order chi connectivity index (χ0) is 16.2. The Kier molecular flexibility index (Phi) is 4.86. The maximum atomic E-state index is 12.5. The number of carbonyl (C=O) groups is 1. The van der Waals surface area contributed by atoms with Gasteiger partial charge >= 0.3 is 0 Å². The van der Waals surface area contributed by atoms with Gasteiger partial charge in [0.25, 0.3) is 5.03 Å². The van der Waals surface area contributed by atoms with Crippen LogP contribution >= 0.6 is 11.8 Å². The molecule has 1 heterocycles. The lowest BCUT2D eigenvalue weighted by Gasteiger charge is -2.27. The molecule has 3 rings (SSSR count). The Morgan fingerprint density at radius 3 is 2.91 bits per heavy atom. The lowest BCUT2D eigenvalue weighted by atomic mass is 9.88. The van der Waals surface area contributed by atoms with Crippen molar-refractivity contribution in [3.05, 3.63) is 65.0 Å². The Bertz CT molecular complexity index is 705. The molecule has 1 amide bonds. The minimum absolute atomic E-state index is 0.0273. The molecule has 0 radical (unpaired) electrons. The van der Waals surface area contributed by atoms with E-state index in [1.165, 1.54) is 29.1 Å². The fourth-order valence-corrected chi connectivity index (χ4v) is 3.79. The van der Waals surface area contributed by atoms with Crippen molar-refractivity contribution in [3.63, 3.8) is 0 Å². The van der Waals surface area contributed by atoms with Crippen molar-refractivity contribution in [1.82, 2.24) is 5.32 Å². The van der Waals surface area contributed by atoms with Crippen molar-refractivity contribution >= 4 is 17.7 Å². The lowest BCUT2D eigenvalue weighted by molar-refractivity contribution is -0.645. The third-order valence-electron chi connectivity index (χ3n) is 4.14. The fourth-order valence-electron chi connectivity index (χ4n) is 2.93. The smallest absolute Gasteiger partial charge is 0.252 e. The average molecular weight is 328 g/mol. The largest absolute Gasteiger partial charge is 0.618 e. The Morgan fingerprint density at radius 2 is 2.09 bits per heavy atom. The standard InChI is InChI=1S/C18H20N2O2S/c1-13(23-17-11-4-5-12-20(17)22)18(21)19-16-10-6-8-14-7-2-3-9-15(14)16/h2-5,7,9,11-13,16H,6,8,10H2,1H3,(H,19,21). The third kappa shape index (κ3) is 3.67. The molecule has 1 aliphatic carbocycles. The Hall–Kier alpha value is -2.01. The maximum absolute atomic E-state index is 12.5. The first kappa shape index (κ1) is 15.9. The zero-order valence-electron chi connectivity index (χ0n) is 13.1. The molecule has 23 heavy (non-hydrogen) atoms. The minimum atomic E-state index is -0.313. The summed E-state index contributed by atoms with van der Waals surface area (Å²) in [6.45, 7) is 1.84. The van der Waals surface area contributed by atoms with Crippen molar-refractivity contribution in [2.24, 2.45) is 0 Å². The summed E-state index contributed by atoms with van der Waals surface area (Å²) in [4.78, 5) is 12.5. The van der Waals surface area contributed by atoms with Crippen LogP contribution in [0.25, 0.3) is 0 Å². The van der Waals surface area contributed by atoms with Gasteiger partial charge in [0.05, 0.1) is 11.3 Å². The predicted octanol–water partition coefficient (Wildman–Crippen LogP) is 2.99. The van der Waals surface area contributed by atoms with E-state index in [2.05, 4.69) is 17.4 Å². The zero-order valence-corrected chi connectivity index (χ0v) is 13.9. The molecule has 0 spiro atoms. The number of nitrogens with one attached hydrogen (secondary N) is 1. The summed E-state index contributed by atoms with van der Waals surface area (Å²) < 4.78 is 0.796. The van der Waals surface area contributed by atoms with Gasteiger partial charge in [-0.1, -0.05) is 24.3 Å². The first-order valence-electron chi connectivity index (χ1n) is 7.88. The number of amides is 1. The van der Waals surface area contributed by atoms with E-state index in [0.717, 1.165) is 24.0 Å². The number of hydrogen-bond donors (Lipinski definition) is 1. The van der Waals surface area contributed by atoms with Crippen LogP contribution in [0.2, 0.25) is 0 Å². The van der Waals surface area contributed by atoms with Crippen molar-refractivity contribution in [3.8, 4) is 0 Å². The van der Waals surface area contributed by atoms with Crippen LogP contribution in [-0.4, -0.2) is 11.2 Å². The number of benzene rings is 1. The van der Waals surface area contributed by atoms with E-state index >= 15 is 0 Å². The molecule has 0 saturated heterocycles. The average Bonchev–Trinajstić information content (AvgIpc) is 2.57. The van der Waals surface area contributed by atoms with Gasteiger partial charge in [0.1, 0.15) is 0 Å². The van der Waals surface area contributed by atoms with E-state index in [-0.39, 0.29) is 17.2 Å². The highest BCUT2D eigenvalue weighted by molar-refractivity contribution is 8.00. The lowest BCUT2D eigenvalue weighted by Crippen LogP contribution is -2.37. The topological polar surface area (TPSA) is 56.0 Å². The molecule has 0 aliphatic heterocycles. The van der Waals surface area contributed by atoms with Crippen LogP contribution in [0.4, 0.5) is 0 Å². The van der Waals surface area contributed by atoms with Gasteiger partial charge in [-0.05, 0) is 55.1 Å². The molecule has 1 aliphatic rings. The van der Waals surface area contributed by atoms with Crippen molar-refractivity contribution in [2.45, 2.75) is 42.5 Å². The van der Waals surface area contributed by atoms with E-state index < -0.39 is 0 Å². The van der Waals surface area contributed by atoms with Crippen molar-refractivity contribution in [1.29, 1.82) is 0 Å². The first-order chi connectivity index (χ1) is 11.1. The third-order valence-corrected chi connectivity index (χ3v) is 5.27. The van der Waals surface area contributed by atoms with E-state index in [1.54, 1.807) is 18.2 Å². The maximum Gasteiger partial charge on any atom is 0.252 e. The molecule has 0 fully saturated rings. The molecule has 1 aromatic heterocycles. The monoisotopic (exact) mass is 328 g/mol. The van der Waals surface area contributed by atoms with Gasteiger partial charge in [-0.2, -0.15) is 4.73 Å². The molecule has 4 nitrogen and oxygen atoms in total. The molecule has 0 bridgehead atoms. The quantitative estimate of drug-likeness (QED) is 0.533. The molecule has 120 valence electrons. The minimum Gasteiger partial charge on any atom is -0.618 e. The molecule has 2 atom stereocenters. The number of pyridine rings is 1. The number of fused-ring (bicyclic) bond motifs is 1. The predicted molar refractivity (Wildman–Crippen MR) is 91.0 cm³/mol. The highest BCUT2D eigenvalue weighted by Crippen LogP contribution is 2.30. The highest BCUT2D eigenvalue weighted by atomic mass is 32.2. The van der Waals surface area contributed by atoms with Crippen molar-refractivity contribution in [2.75, 3.05) is 0 Å². The summed E-state index contributed by atoms with van der Waals surface area (Å²) in [7, 11) is 0. The number of thioether (sulfide) groups is 1. The first-order valence-corrected chi connectivity index (χ1v) is 8.76. The fraction of sp³-hybridized carbons (Fsp3) is 0.333. The van der Waals surface area contributed by atoms with Crippen LogP contribution in [0.3, 0.4) is 0 Å². The summed E-state index contributed by atoms with van der Waals surface area (Å²) in [5.74, 6) is -0.0273. The van der Waals surface area contributed by atoms with Crippen LogP contribution in [-0.2, 0) is 11.2 Å². The van der Waals surface area contributed by atoms with Crippen LogP contribution in [0.15, 0.2) is 53.7 Å². The van der Waals surface area contributed by atoms with E-state index in [0.29, 0.717) is 5.03 Å². The Morgan fingerprint density at radius 1 is 1.30 bits per heavy atom. The summed E-state index contributed by atoms with van der Waals surface area (Å²) >= 11 is 1.29. The molecule has 2 unspecified atom stereocenters. The van der Waals surface area contributed by atoms with Gasteiger partial charge in [-0.3, -0.25) is 4.79 Å². The summed E-state index contributed by atoms with van der Waals surface area (Å²) in [5.41, 5.74) is 2.55. The van der Waals surface area contributed by atoms with E-state index in [4.69, 9.17) is 0 Å². The second-order valence-electron chi connectivity index (χ2n) is 5.78. The molecular weight excluding hydrogens is 308 g/mol. The molecular formula is C18H20N2O2S. The van der Waals surface area contributed by atoms with Gasteiger partial charge in [-0.25, -0.2) is 0 Å². The highest BCUT2D eigenvalue weighted by Gasteiger charge is 2.25. The number of carbonyl (C=O) groups excluding carboxylic acids is 1. The summed E-state index contributed by atoms with van der Waals surface area (Å²) in [6.07, 6.45) is 4.58. The summed E-state index contributed by atoms with van der Waals surface area (Å²) in [6, 6.07) is 13.6. The van der Waals surface area contributed by atoms with Crippen LogP contribution in [0.5, 0.6) is 0 Å². The van der Waals surface area contributed by atoms with Gasteiger partial charge in [-0.15, -0.1) is 0 Å². The van der Waals surface area contributed by atoms with E-state index in [9.17, 15) is 10.0 Å². The van der Waals surface area contributed by atoms with Crippen LogP contribution in [0.1, 0.15) is 36.9 Å². The number of hydrogen-bond acceptors (Lipinski definition) is 3. The molecule has 1 N–H and O–H groups in total. The number of nitrogens with zero attached hydrogens (tertiary/aromatic N) is 1. The van der Waals surface area contributed by atoms with E-state index in [1.807, 2.05) is 19.1 Å². The molecule has 5 heteroatoms. The van der Waals surface area contributed by atoms with Crippen LogP contribution in [0, 0.1) is 5.21 Å².